The highest BCUT2D eigenvalue weighted by molar-refractivity contribution is 7.94. The maximum absolute atomic E-state index is 12.1. The minimum atomic E-state index is -3.38. The summed E-state index contributed by atoms with van der Waals surface area (Å²) in [5.74, 6) is 0. The predicted octanol–water partition coefficient (Wildman–Crippen LogP) is 4.43. The molecule has 0 aliphatic rings. The minimum Gasteiger partial charge on any atom is -0.219 e. The third-order valence-electron chi connectivity index (χ3n) is 3.29. The van der Waals surface area contributed by atoms with Crippen molar-refractivity contribution in [3.8, 4) is 0 Å². The highest BCUT2D eigenvalue weighted by Gasteiger charge is 2.13. The number of hydrogen-bond donors (Lipinski definition) is 0. The third-order valence-corrected chi connectivity index (χ3v) is 4.71. The van der Waals surface area contributed by atoms with Gasteiger partial charge in [-0.05, 0) is 34.8 Å². The van der Waals surface area contributed by atoms with E-state index >= 15 is 0 Å². The lowest BCUT2D eigenvalue weighted by molar-refractivity contribution is 0.590. The molecule has 0 aromatic heterocycles. The fourth-order valence-electron chi connectivity index (χ4n) is 1.95. The maximum atomic E-state index is 12.1. The second-order valence-electron chi connectivity index (χ2n) is 6.03. The van der Waals surface area contributed by atoms with Crippen LogP contribution in [-0.2, 0) is 15.3 Å². The van der Waals surface area contributed by atoms with Gasteiger partial charge in [0.1, 0.15) is 0 Å². The van der Waals surface area contributed by atoms with E-state index in [1.54, 1.807) is 36.4 Å². The Hall–Kier alpha value is -1.87. The summed E-state index contributed by atoms with van der Waals surface area (Å²) >= 11 is 0. The second kappa shape index (κ2) is 5.86. The molecule has 0 N–H and O–H groups in total. The van der Waals surface area contributed by atoms with Crippen molar-refractivity contribution >= 4 is 15.9 Å². The van der Waals surface area contributed by atoms with Crippen LogP contribution < -0.4 is 0 Å². The molecule has 2 aromatic carbocycles. The number of rotatable bonds is 3. The Morgan fingerprint density at radius 2 is 1.43 bits per heavy atom. The topological polar surface area (TPSA) is 34.1 Å². The van der Waals surface area contributed by atoms with E-state index < -0.39 is 9.84 Å². The van der Waals surface area contributed by atoms with Gasteiger partial charge in [0.05, 0.1) is 4.90 Å². The molecule has 0 radical (unpaired) electrons. The first-order valence-electron chi connectivity index (χ1n) is 6.88. The normalized spacial score (nSPS) is 12.7. The number of benzene rings is 2. The maximum Gasteiger partial charge on any atom is 0.199 e. The van der Waals surface area contributed by atoms with E-state index in [1.807, 2.05) is 24.3 Å². The fraction of sp³-hybridized carbons (Fsp3) is 0.222. The van der Waals surface area contributed by atoms with Crippen molar-refractivity contribution in [3.05, 3.63) is 71.1 Å². The van der Waals surface area contributed by atoms with Crippen molar-refractivity contribution in [3.63, 3.8) is 0 Å². The smallest absolute Gasteiger partial charge is 0.199 e. The number of hydrogen-bond acceptors (Lipinski definition) is 2. The molecule has 0 bridgehead atoms. The molecule has 2 nitrogen and oxygen atoms in total. The summed E-state index contributed by atoms with van der Waals surface area (Å²) in [6.45, 7) is 6.45. The molecule has 110 valence electrons. The lowest BCUT2D eigenvalue weighted by Gasteiger charge is -2.18. The third kappa shape index (κ3) is 4.05. The highest BCUT2D eigenvalue weighted by atomic mass is 32.2. The standard InChI is InChI=1S/C18H20O2S/c1-18(2,3)16-11-9-15(10-12-16)13-14-21(19,20)17-7-5-4-6-8-17/h4-14H,1-3H3/b14-13+. The highest BCUT2D eigenvalue weighted by Crippen LogP contribution is 2.22. The van der Waals surface area contributed by atoms with Gasteiger partial charge in [-0.1, -0.05) is 63.2 Å². The molecule has 0 saturated heterocycles. The van der Waals surface area contributed by atoms with E-state index in [1.165, 1.54) is 11.0 Å². The van der Waals surface area contributed by atoms with Crippen LogP contribution in [0.5, 0.6) is 0 Å². The van der Waals surface area contributed by atoms with Gasteiger partial charge in [-0.3, -0.25) is 0 Å². The van der Waals surface area contributed by atoms with Crippen LogP contribution in [0.4, 0.5) is 0 Å². The molecular formula is C18H20O2S. The summed E-state index contributed by atoms with van der Waals surface area (Å²) < 4.78 is 24.3. The van der Waals surface area contributed by atoms with Gasteiger partial charge in [0.2, 0.25) is 0 Å². The van der Waals surface area contributed by atoms with Crippen molar-refractivity contribution in [1.29, 1.82) is 0 Å². The fourth-order valence-corrected chi connectivity index (χ4v) is 2.98. The van der Waals surface area contributed by atoms with Crippen LogP contribution in [0.1, 0.15) is 31.9 Å². The average Bonchev–Trinajstić information content (AvgIpc) is 2.46. The molecule has 0 saturated carbocycles. The van der Waals surface area contributed by atoms with Gasteiger partial charge in [0.15, 0.2) is 9.84 Å². The molecule has 0 aliphatic heterocycles. The van der Waals surface area contributed by atoms with E-state index in [0.717, 1.165) is 5.56 Å². The second-order valence-corrected chi connectivity index (χ2v) is 7.87. The summed E-state index contributed by atoms with van der Waals surface area (Å²) in [6, 6.07) is 16.4. The lowest BCUT2D eigenvalue weighted by atomic mass is 9.87. The summed E-state index contributed by atoms with van der Waals surface area (Å²) in [5.41, 5.74) is 2.20. The molecule has 0 amide bonds. The van der Waals surface area contributed by atoms with Crippen LogP contribution in [0.25, 0.3) is 6.08 Å². The van der Waals surface area contributed by atoms with Gasteiger partial charge >= 0.3 is 0 Å². The van der Waals surface area contributed by atoms with Crippen molar-refractivity contribution < 1.29 is 8.42 Å². The van der Waals surface area contributed by atoms with Gasteiger partial charge < -0.3 is 0 Å². The first-order valence-corrected chi connectivity index (χ1v) is 8.42. The van der Waals surface area contributed by atoms with E-state index in [-0.39, 0.29) is 5.41 Å². The Balaban J connectivity index is 2.22. The molecule has 0 aliphatic carbocycles. The molecular weight excluding hydrogens is 280 g/mol. The number of sulfone groups is 1. The molecule has 0 atom stereocenters. The SMILES string of the molecule is CC(C)(C)c1ccc(/C=C/S(=O)(=O)c2ccccc2)cc1. The quantitative estimate of drug-likeness (QED) is 0.840. The van der Waals surface area contributed by atoms with Crippen LogP contribution in [0.3, 0.4) is 0 Å². The molecule has 0 unspecified atom stereocenters. The predicted molar refractivity (Wildman–Crippen MR) is 87.8 cm³/mol. The molecule has 3 heteroatoms. The van der Waals surface area contributed by atoms with E-state index in [4.69, 9.17) is 0 Å². The Kier molecular flexibility index (Phi) is 4.33. The zero-order chi connectivity index (χ0) is 15.5. The summed E-state index contributed by atoms with van der Waals surface area (Å²) in [5, 5.41) is 1.26. The van der Waals surface area contributed by atoms with Crippen molar-refractivity contribution in [2.24, 2.45) is 0 Å². The van der Waals surface area contributed by atoms with Crippen LogP contribution >= 0.6 is 0 Å². The Bertz CT molecular complexity index is 719. The molecule has 2 rings (SSSR count). The van der Waals surface area contributed by atoms with Gasteiger partial charge in [-0.25, -0.2) is 8.42 Å². The zero-order valence-electron chi connectivity index (χ0n) is 12.6. The largest absolute Gasteiger partial charge is 0.219 e. The van der Waals surface area contributed by atoms with Crippen molar-refractivity contribution in [2.45, 2.75) is 31.1 Å². The van der Waals surface area contributed by atoms with E-state index in [2.05, 4.69) is 20.8 Å². The van der Waals surface area contributed by atoms with Crippen LogP contribution in [0.15, 0.2) is 64.9 Å². The summed E-state index contributed by atoms with van der Waals surface area (Å²) in [7, 11) is -3.38. The Labute approximate surface area is 127 Å². The summed E-state index contributed by atoms with van der Waals surface area (Å²) in [4.78, 5) is 0.313. The van der Waals surface area contributed by atoms with E-state index in [0.29, 0.717) is 4.90 Å². The average molecular weight is 300 g/mol. The first kappa shape index (κ1) is 15.5. The summed E-state index contributed by atoms with van der Waals surface area (Å²) in [6.07, 6.45) is 1.63. The van der Waals surface area contributed by atoms with Gasteiger partial charge in [0.25, 0.3) is 0 Å². The molecule has 21 heavy (non-hydrogen) atoms. The lowest BCUT2D eigenvalue weighted by Crippen LogP contribution is -2.10. The van der Waals surface area contributed by atoms with Crippen LogP contribution in [0.2, 0.25) is 0 Å². The monoisotopic (exact) mass is 300 g/mol. The zero-order valence-corrected chi connectivity index (χ0v) is 13.4. The molecule has 2 aromatic rings. The molecule has 0 spiro atoms. The van der Waals surface area contributed by atoms with Crippen molar-refractivity contribution in [1.82, 2.24) is 0 Å². The van der Waals surface area contributed by atoms with Gasteiger partial charge in [0, 0.05) is 5.41 Å². The minimum absolute atomic E-state index is 0.0956. The molecule has 0 fully saturated rings. The molecule has 0 heterocycles. The van der Waals surface area contributed by atoms with Crippen LogP contribution in [-0.4, -0.2) is 8.42 Å². The van der Waals surface area contributed by atoms with Crippen LogP contribution in [0, 0.1) is 0 Å². The Morgan fingerprint density at radius 3 is 1.95 bits per heavy atom. The van der Waals surface area contributed by atoms with Gasteiger partial charge in [-0.15, -0.1) is 0 Å². The van der Waals surface area contributed by atoms with Gasteiger partial charge in [-0.2, -0.15) is 0 Å². The Morgan fingerprint density at radius 1 is 0.857 bits per heavy atom. The first-order chi connectivity index (χ1) is 9.79. The van der Waals surface area contributed by atoms with Crippen molar-refractivity contribution in [2.75, 3.05) is 0 Å². The van der Waals surface area contributed by atoms with E-state index in [9.17, 15) is 8.42 Å².